The molecule has 0 aliphatic carbocycles. The standard InChI is InChI=1S/C20H19N7OS.C2HF3O2/c28-17-5-11(13-7-22-23-8-13)1-2-14(17)15-6-18-19(26-25-15)24-20(29-18)27-10-12-3-4-21-9-16(12)27;3-2(4,5)1(6)7/h1-2,5-8,12,16,21,28H,3-4,9-10H2,(H,22,23);(H,6,7)/t12-,16-;/m1./s1. The molecule has 4 N–H and O–H groups in total. The molecule has 2 saturated heterocycles. The van der Waals surface area contributed by atoms with Crippen molar-refractivity contribution in [3.05, 3.63) is 36.7 Å². The fraction of sp³-hybridized carbons (Fsp3) is 0.318. The third kappa shape index (κ3) is 4.68. The van der Waals surface area contributed by atoms with Crippen molar-refractivity contribution in [3.63, 3.8) is 0 Å². The largest absolute Gasteiger partial charge is 0.507 e. The summed E-state index contributed by atoms with van der Waals surface area (Å²) in [5, 5.41) is 37.5. The zero-order chi connectivity index (χ0) is 25.4. The Morgan fingerprint density at radius 1 is 1.19 bits per heavy atom. The summed E-state index contributed by atoms with van der Waals surface area (Å²) in [7, 11) is 0. The van der Waals surface area contributed by atoms with Gasteiger partial charge < -0.3 is 20.4 Å². The van der Waals surface area contributed by atoms with Gasteiger partial charge in [-0.15, -0.1) is 10.2 Å². The Kier molecular flexibility index (Phi) is 6.22. The lowest BCUT2D eigenvalue weighted by molar-refractivity contribution is -0.192. The number of halogens is 3. The van der Waals surface area contributed by atoms with Crippen LogP contribution in [0.1, 0.15) is 6.42 Å². The lowest BCUT2D eigenvalue weighted by Crippen LogP contribution is -2.63. The molecule has 1 aromatic carbocycles. The molecule has 5 heterocycles. The molecule has 2 atom stereocenters. The second-order valence-electron chi connectivity index (χ2n) is 8.41. The van der Waals surface area contributed by atoms with Gasteiger partial charge >= 0.3 is 12.1 Å². The molecule has 0 saturated carbocycles. The molecule has 0 radical (unpaired) electrons. The predicted molar refractivity (Wildman–Crippen MR) is 126 cm³/mol. The van der Waals surface area contributed by atoms with Gasteiger partial charge in [0.25, 0.3) is 0 Å². The van der Waals surface area contributed by atoms with Crippen LogP contribution in [0.3, 0.4) is 0 Å². The van der Waals surface area contributed by atoms with Crippen molar-refractivity contribution >= 4 is 32.8 Å². The number of aliphatic carboxylic acids is 1. The van der Waals surface area contributed by atoms with E-state index in [9.17, 15) is 18.3 Å². The van der Waals surface area contributed by atoms with E-state index in [0.29, 0.717) is 22.9 Å². The summed E-state index contributed by atoms with van der Waals surface area (Å²) in [6.45, 7) is 3.21. The van der Waals surface area contributed by atoms with E-state index in [1.807, 2.05) is 18.2 Å². The number of rotatable bonds is 3. The van der Waals surface area contributed by atoms with Crippen molar-refractivity contribution in [2.45, 2.75) is 18.6 Å². The Labute approximate surface area is 205 Å². The average Bonchev–Trinajstić information content (AvgIpc) is 3.49. The lowest BCUT2D eigenvalue weighted by atomic mass is 9.84. The first-order chi connectivity index (χ1) is 17.2. The number of hydrogen-bond acceptors (Lipinski definition) is 9. The maximum absolute atomic E-state index is 10.6. The first-order valence-electron chi connectivity index (χ1n) is 10.9. The number of H-pyrrole nitrogens is 1. The highest BCUT2D eigenvalue weighted by molar-refractivity contribution is 7.22. The molecule has 0 bridgehead atoms. The number of aromatic nitrogens is 5. The molecule has 4 aromatic rings. The Balaban J connectivity index is 0.000000338. The van der Waals surface area contributed by atoms with Crippen molar-refractivity contribution in [1.82, 2.24) is 30.7 Å². The fourth-order valence-corrected chi connectivity index (χ4v) is 5.27. The van der Waals surface area contributed by atoms with Gasteiger partial charge in [-0.2, -0.15) is 23.3 Å². The van der Waals surface area contributed by atoms with Crippen LogP contribution in [-0.2, 0) is 4.79 Å². The van der Waals surface area contributed by atoms with Gasteiger partial charge in [-0.25, -0.2) is 4.79 Å². The third-order valence-electron chi connectivity index (χ3n) is 6.16. The Morgan fingerprint density at radius 2 is 2.00 bits per heavy atom. The summed E-state index contributed by atoms with van der Waals surface area (Å²) >= 11 is 1.64. The molecule has 0 spiro atoms. The molecule has 14 heteroatoms. The number of aromatic hydroxyl groups is 1. The van der Waals surface area contributed by atoms with E-state index in [0.717, 1.165) is 46.5 Å². The quantitative estimate of drug-likeness (QED) is 0.321. The second kappa shape index (κ2) is 9.35. The Morgan fingerprint density at radius 3 is 2.67 bits per heavy atom. The SMILES string of the molecule is O=C(O)C(F)(F)F.Oc1cc(-c2cn[nH]c2)ccc1-c1cc2sc(N3C[C@H]4CCNC[C@H]43)nc2nn1. The summed E-state index contributed by atoms with van der Waals surface area (Å²) in [6.07, 6.45) is -0.327. The number of benzene rings is 1. The number of carbonyl (C=O) groups is 1. The summed E-state index contributed by atoms with van der Waals surface area (Å²) in [6, 6.07) is 8.03. The van der Waals surface area contributed by atoms with Gasteiger partial charge in [0.15, 0.2) is 10.8 Å². The maximum atomic E-state index is 10.6. The normalized spacial score (nSPS) is 19.2. The molecule has 0 amide bonds. The minimum atomic E-state index is -5.08. The monoisotopic (exact) mass is 519 g/mol. The molecule has 2 aliphatic rings. The zero-order valence-corrected chi connectivity index (χ0v) is 19.3. The molecular formula is C22H20F3N7O3S. The summed E-state index contributed by atoms with van der Waals surface area (Å²) in [5.41, 5.74) is 3.77. The lowest BCUT2D eigenvalue weighted by Gasteiger charge is -2.50. The summed E-state index contributed by atoms with van der Waals surface area (Å²) in [4.78, 5) is 16.0. The van der Waals surface area contributed by atoms with Crippen LogP contribution in [0.2, 0.25) is 0 Å². The number of anilines is 1. The number of aromatic amines is 1. The van der Waals surface area contributed by atoms with Crippen molar-refractivity contribution in [1.29, 1.82) is 0 Å². The molecule has 2 aliphatic heterocycles. The van der Waals surface area contributed by atoms with E-state index >= 15 is 0 Å². The summed E-state index contributed by atoms with van der Waals surface area (Å²) < 4.78 is 32.7. The Bertz CT molecular complexity index is 1390. The Hall–Kier alpha value is -3.78. The number of carboxylic acids is 1. The highest BCUT2D eigenvalue weighted by Crippen LogP contribution is 2.39. The molecule has 6 rings (SSSR count). The van der Waals surface area contributed by atoms with E-state index in [1.165, 1.54) is 6.42 Å². The van der Waals surface area contributed by atoms with Gasteiger partial charge in [0, 0.05) is 36.5 Å². The molecule has 36 heavy (non-hydrogen) atoms. The molecule has 188 valence electrons. The van der Waals surface area contributed by atoms with Gasteiger partial charge in [-0.1, -0.05) is 17.4 Å². The first-order valence-corrected chi connectivity index (χ1v) is 11.8. The fourth-order valence-electron chi connectivity index (χ4n) is 4.27. The highest BCUT2D eigenvalue weighted by atomic mass is 32.1. The third-order valence-corrected chi connectivity index (χ3v) is 7.19. The van der Waals surface area contributed by atoms with Crippen molar-refractivity contribution in [3.8, 4) is 28.1 Å². The smallest absolute Gasteiger partial charge is 0.490 e. The average molecular weight is 520 g/mol. The van der Waals surface area contributed by atoms with Crippen LogP contribution in [0.25, 0.3) is 32.7 Å². The number of fused-ring (bicyclic) bond motifs is 2. The van der Waals surface area contributed by atoms with E-state index in [-0.39, 0.29) is 5.75 Å². The maximum Gasteiger partial charge on any atom is 0.490 e. The number of alkyl halides is 3. The van der Waals surface area contributed by atoms with Gasteiger partial charge in [0.2, 0.25) is 0 Å². The molecule has 2 fully saturated rings. The summed E-state index contributed by atoms with van der Waals surface area (Å²) in [5.74, 6) is -1.82. The topological polar surface area (TPSA) is 140 Å². The predicted octanol–water partition coefficient (Wildman–Crippen LogP) is 3.28. The van der Waals surface area contributed by atoms with Gasteiger partial charge in [-0.05, 0) is 42.6 Å². The molecular weight excluding hydrogens is 499 g/mol. The number of carboxylic acid groups (broad SMARTS) is 1. The number of thiazole rings is 1. The first kappa shape index (κ1) is 23.9. The van der Waals surface area contributed by atoms with Crippen molar-refractivity contribution < 1.29 is 28.2 Å². The van der Waals surface area contributed by atoms with E-state index < -0.39 is 12.1 Å². The van der Waals surface area contributed by atoms with Gasteiger partial charge in [-0.3, -0.25) is 5.10 Å². The number of nitrogens with one attached hydrogen (secondary N) is 2. The number of piperidine rings is 1. The molecule has 10 nitrogen and oxygen atoms in total. The van der Waals surface area contributed by atoms with Crippen LogP contribution in [-0.4, -0.2) is 73.4 Å². The molecule has 3 aromatic heterocycles. The van der Waals surface area contributed by atoms with Crippen molar-refractivity contribution in [2.24, 2.45) is 5.92 Å². The van der Waals surface area contributed by atoms with Gasteiger partial charge in [0.05, 0.1) is 16.6 Å². The second-order valence-corrected chi connectivity index (χ2v) is 9.42. The van der Waals surface area contributed by atoms with E-state index in [4.69, 9.17) is 14.9 Å². The zero-order valence-electron chi connectivity index (χ0n) is 18.5. The highest BCUT2D eigenvalue weighted by Gasteiger charge is 2.41. The van der Waals surface area contributed by atoms with Crippen LogP contribution >= 0.6 is 11.3 Å². The number of phenolic OH excluding ortho intramolecular Hbond substituents is 1. The number of nitrogens with zero attached hydrogens (tertiary/aromatic N) is 5. The van der Waals surface area contributed by atoms with Crippen LogP contribution < -0.4 is 10.2 Å². The van der Waals surface area contributed by atoms with E-state index in [1.54, 1.807) is 29.8 Å². The number of phenols is 1. The van der Waals surface area contributed by atoms with E-state index in [2.05, 4.69) is 30.6 Å². The van der Waals surface area contributed by atoms with Crippen LogP contribution in [0.4, 0.5) is 18.3 Å². The van der Waals surface area contributed by atoms with Crippen LogP contribution in [0.15, 0.2) is 36.7 Å². The minimum absolute atomic E-state index is 0.168. The number of hydrogen-bond donors (Lipinski definition) is 4. The van der Waals surface area contributed by atoms with Crippen molar-refractivity contribution in [2.75, 3.05) is 24.5 Å². The van der Waals surface area contributed by atoms with Gasteiger partial charge in [0.1, 0.15) is 5.75 Å². The molecule has 0 unspecified atom stereocenters. The van der Waals surface area contributed by atoms with Crippen LogP contribution in [0.5, 0.6) is 5.75 Å². The van der Waals surface area contributed by atoms with Crippen LogP contribution in [0, 0.1) is 5.92 Å². The minimum Gasteiger partial charge on any atom is -0.507 e.